The highest BCUT2D eigenvalue weighted by molar-refractivity contribution is 6.04. The van der Waals surface area contributed by atoms with Crippen LogP contribution in [0.2, 0.25) is 0 Å². The lowest BCUT2D eigenvalue weighted by atomic mass is 9.96. The van der Waals surface area contributed by atoms with Gasteiger partial charge < -0.3 is 15.3 Å². The van der Waals surface area contributed by atoms with E-state index >= 15 is 0 Å². The number of benzene rings is 1. The second-order valence-electron chi connectivity index (χ2n) is 6.50. The van der Waals surface area contributed by atoms with E-state index < -0.39 is 29.5 Å². The van der Waals surface area contributed by atoms with Crippen LogP contribution in [0.3, 0.4) is 0 Å². The van der Waals surface area contributed by atoms with Crippen LogP contribution in [-0.2, 0) is 11.0 Å². The van der Waals surface area contributed by atoms with Crippen LogP contribution in [0.5, 0.6) is 0 Å². The molecule has 0 aliphatic carbocycles. The fourth-order valence-electron chi connectivity index (χ4n) is 3.14. The van der Waals surface area contributed by atoms with Gasteiger partial charge >= 0.3 is 12.1 Å². The first-order chi connectivity index (χ1) is 13.3. The molecule has 1 saturated heterocycles. The number of alkyl halides is 3. The van der Waals surface area contributed by atoms with Crippen molar-refractivity contribution in [3.8, 4) is 0 Å². The van der Waals surface area contributed by atoms with Gasteiger partial charge in [0.1, 0.15) is 5.69 Å². The molecule has 1 aliphatic rings. The number of carbonyl (C=O) groups is 2. The third kappa shape index (κ3) is 4.41. The molecule has 0 unspecified atom stereocenters. The number of hydrogen-bond acceptors (Lipinski definition) is 4. The van der Waals surface area contributed by atoms with Crippen molar-refractivity contribution in [2.75, 3.05) is 23.3 Å². The Balaban J connectivity index is 1.89. The Morgan fingerprint density at radius 2 is 1.86 bits per heavy atom. The van der Waals surface area contributed by atoms with Crippen molar-refractivity contribution < 1.29 is 27.9 Å². The summed E-state index contributed by atoms with van der Waals surface area (Å²) < 4.78 is 39.4. The lowest BCUT2D eigenvalue weighted by Crippen LogP contribution is -2.36. The highest BCUT2D eigenvalue weighted by atomic mass is 19.4. The summed E-state index contributed by atoms with van der Waals surface area (Å²) in [6.07, 6.45) is -2.38. The number of nitrogens with one attached hydrogen (secondary N) is 1. The van der Waals surface area contributed by atoms with Crippen molar-refractivity contribution in [3.63, 3.8) is 0 Å². The predicted molar refractivity (Wildman–Crippen MR) is 96.2 cm³/mol. The second-order valence-corrected chi connectivity index (χ2v) is 6.50. The fraction of sp³-hybridized carbons (Fsp3) is 0.316. The number of hydrogen-bond donors (Lipinski definition) is 2. The fourth-order valence-corrected chi connectivity index (χ4v) is 3.14. The number of carboxylic acid groups (broad SMARTS) is 1. The van der Waals surface area contributed by atoms with Gasteiger partial charge in [0.25, 0.3) is 5.91 Å². The Morgan fingerprint density at radius 1 is 1.14 bits per heavy atom. The molecular formula is C19H18F3N3O3. The number of rotatable bonds is 4. The maximum Gasteiger partial charge on any atom is 0.416 e. The molecular weight excluding hydrogens is 375 g/mol. The molecule has 1 aliphatic heterocycles. The SMILES string of the molecule is O=C(Nc1cc(C(F)(F)F)ccc1N1CCC(C(=O)O)CC1)c1ccccn1. The highest BCUT2D eigenvalue weighted by Gasteiger charge is 2.32. The van der Waals surface area contributed by atoms with E-state index in [2.05, 4.69) is 10.3 Å². The smallest absolute Gasteiger partial charge is 0.416 e. The zero-order chi connectivity index (χ0) is 20.3. The Hall–Kier alpha value is -3.10. The number of pyridine rings is 1. The zero-order valence-corrected chi connectivity index (χ0v) is 14.7. The van der Waals surface area contributed by atoms with Gasteiger partial charge in [0.15, 0.2) is 0 Å². The van der Waals surface area contributed by atoms with Crippen LogP contribution < -0.4 is 10.2 Å². The topological polar surface area (TPSA) is 82.5 Å². The number of anilines is 2. The van der Waals surface area contributed by atoms with E-state index in [0.717, 1.165) is 12.1 Å². The first-order valence-electron chi connectivity index (χ1n) is 8.67. The van der Waals surface area contributed by atoms with Gasteiger partial charge in [0.05, 0.1) is 22.9 Å². The lowest BCUT2D eigenvalue weighted by Gasteiger charge is -2.33. The summed E-state index contributed by atoms with van der Waals surface area (Å²) in [4.78, 5) is 29.2. The minimum atomic E-state index is -4.56. The van der Waals surface area contributed by atoms with Crippen LogP contribution in [0.1, 0.15) is 28.9 Å². The Bertz CT molecular complexity index is 864. The van der Waals surface area contributed by atoms with Gasteiger partial charge in [0.2, 0.25) is 0 Å². The number of piperidine rings is 1. The van der Waals surface area contributed by atoms with Gasteiger partial charge in [-0.3, -0.25) is 14.6 Å². The summed E-state index contributed by atoms with van der Waals surface area (Å²) in [5.74, 6) is -1.98. The molecule has 1 amide bonds. The largest absolute Gasteiger partial charge is 0.481 e. The van der Waals surface area contributed by atoms with E-state index in [1.807, 2.05) is 0 Å². The molecule has 1 aromatic heterocycles. The molecule has 1 fully saturated rings. The van der Waals surface area contributed by atoms with Crippen LogP contribution in [-0.4, -0.2) is 35.1 Å². The second kappa shape index (κ2) is 7.87. The average Bonchev–Trinajstić information content (AvgIpc) is 2.68. The zero-order valence-electron chi connectivity index (χ0n) is 14.7. The number of aliphatic carboxylic acids is 1. The first-order valence-corrected chi connectivity index (χ1v) is 8.67. The molecule has 3 rings (SSSR count). The van der Waals surface area contributed by atoms with Crippen LogP contribution in [0.4, 0.5) is 24.5 Å². The minimum Gasteiger partial charge on any atom is -0.481 e. The third-order valence-electron chi connectivity index (χ3n) is 4.65. The quantitative estimate of drug-likeness (QED) is 0.829. The van der Waals surface area contributed by atoms with Crippen molar-refractivity contribution in [1.29, 1.82) is 0 Å². The van der Waals surface area contributed by atoms with Crippen molar-refractivity contribution in [2.24, 2.45) is 5.92 Å². The first kappa shape index (κ1) is 19.7. The van der Waals surface area contributed by atoms with E-state index in [9.17, 15) is 22.8 Å². The van der Waals surface area contributed by atoms with E-state index in [0.29, 0.717) is 31.6 Å². The standard InChI is InChI=1S/C19H18F3N3O3/c20-19(21,22)13-4-5-16(25-9-6-12(7-10-25)18(27)28)15(11-13)24-17(26)14-3-1-2-8-23-14/h1-5,8,11-12H,6-7,9-10H2,(H,24,26)(H,27,28). The summed E-state index contributed by atoms with van der Waals surface area (Å²) in [6.45, 7) is 0.740. The molecule has 0 spiro atoms. The molecule has 1 aromatic carbocycles. The monoisotopic (exact) mass is 393 g/mol. The minimum absolute atomic E-state index is 0.0132. The molecule has 28 heavy (non-hydrogen) atoms. The summed E-state index contributed by atoms with van der Waals surface area (Å²) in [6, 6.07) is 7.83. The predicted octanol–water partition coefficient (Wildman–Crippen LogP) is 3.65. The average molecular weight is 393 g/mol. The van der Waals surface area contributed by atoms with E-state index in [4.69, 9.17) is 5.11 Å². The molecule has 2 heterocycles. The lowest BCUT2D eigenvalue weighted by molar-refractivity contribution is -0.142. The molecule has 2 aromatic rings. The van der Waals surface area contributed by atoms with Crippen LogP contribution in [0, 0.1) is 5.92 Å². The van der Waals surface area contributed by atoms with Crippen LogP contribution in [0.25, 0.3) is 0 Å². The number of carbonyl (C=O) groups excluding carboxylic acids is 1. The summed E-state index contributed by atoms with van der Waals surface area (Å²) >= 11 is 0. The van der Waals surface area contributed by atoms with Crippen molar-refractivity contribution in [1.82, 2.24) is 4.98 Å². The molecule has 2 N–H and O–H groups in total. The number of aromatic nitrogens is 1. The van der Waals surface area contributed by atoms with E-state index in [1.54, 1.807) is 17.0 Å². The normalized spacial score (nSPS) is 15.3. The highest BCUT2D eigenvalue weighted by Crippen LogP contribution is 2.37. The van der Waals surface area contributed by atoms with Gasteiger partial charge in [0, 0.05) is 19.3 Å². The van der Waals surface area contributed by atoms with Crippen LogP contribution in [0.15, 0.2) is 42.6 Å². The summed E-state index contributed by atoms with van der Waals surface area (Å²) in [5, 5.41) is 11.6. The maximum atomic E-state index is 13.1. The third-order valence-corrected chi connectivity index (χ3v) is 4.65. The molecule has 0 radical (unpaired) electrons. The summed E-state index contributed by atoms with van der Waals surface area (Å²) in [7, 11) is 0. The van der Waals surface area contributed by atoms with Gasteiger partial charge in [-0.1, -0.05) is 6.07 Å². The van der Waals surface area contributed by atoms with Crippen LogP contribution >= 0.6 is 0 Å². The van der Waals surface area contributed by atoms with Crippen molar-refractivity contribution in [3.05, 3.63) is 53.9 Å². The van der Waals surface area contributed by atoms with E-state index in [-0.39, 0.29) is 11.4 Å². The maximum absolute atomic E-state index is 13.1. The molecule has 0 bridgehead atoms. The number of halogens is 3. The Morgan fingerprint density at radius 3 is 2.43 bits per heavy atom. The molecule has 6 nitrogen and oxygen atoms in total. The Kier molecular flexibility index (Phi) is 5.53. The van der Waals surface area contributed by atoms with Gasteiger partial charge in [-0.2, -0.15) is 13.2 Å². The Labute approximate surface area is 159 Å². The van der Waals surface area contributed by atoms with Crippen molar-refractivity contribution in [2.45, 2.75) is 19.0 Å². The van der Waals surface area contributed by atoms with Crippen molar-refractivity contribution >= 4 is 23.3 Å². The van der Waals surface area contributed by atoms with E-state index in [1.165, 1.54) is 18.3 Å². The van der Waals surface area contributed by atoms with Gasteiger partial charge in [-0.05, 0) is 43.2 Å². The summed E-state index contributed by atoms with van der Waals surface area (Å²) in [5.41, 5.74) is -0.371. The molecule has 0 saturated carbocycles. The number of carboxylic acids is 1. The van der Waals surface area contributed by atoms with Gasteiger partial charge in [-0.25, -0.2) is 0 Å². The van der Waals surface area contributed by atoms with Gasteiger partial charge in [-0.15, -0.1) is 0 Å². The molecule has 9 heteroatoms. The molecule has 0 atom stereocenters. The number of nitrogens with zero attached hydrogens (tertiary/aromatic N) is 2. The molecule has 148 valence electrons. The number of amides is 1.